The normalized spacial score (nSPS) is 31.9. The molecule has 1 aromatic rings. The SMILES string of the molecule is CC(c1cc(Br)cs1)N1CC2CNCC2C1. The Kier molecular flexibility index (Phi) is 3.09. The zero-order valence-electron chi connectivity index (χ0n) is 9.45. The number of hydrogen-bond acceptors (Lipinski definition) is 3. The summed E-state index contributed by atoms with van der Waals surface area (Å²) in [5.41, 5.74) is 0. The van der Waals surface area contributed by atoms with Crippen LogP contribution in [0, 0.1) is 11.8 Å². The van der Waals surface area contributed by atoms with Gasteiger partial charge in [0.25, 0.3) is 0 Å². The molecule has 0 saturated carbocycles. The van der Waals surface area contributed by atoms with Gasteiger partial charge in [0, 0.05) is 33.9 Å². The average Bonchev–Trinajstić information content (AvgIpc) is 2.89. The molecule has 2 fully saturated rings. The number of nitrogens with zero attached hydrogens (tertiary/aromatic N) is 1. The van der Waals surface area contributed by atoms with E-state index in [0.717, 1.165) is 11.8 Å². The van der Waals surface area contributed by atoms with Gasteiger partial charge in [0.05, 0.1) is 0 Å². The van der Waals surface area contributed by atoms with Crippen molar-refractivity contribution in [1.82, 2.24) is 10.2 Å². The summed E-state index contributed by atoms with van der Waals surface area (Å²) in [7, 11) is 0. The first-order valence-corrected chi connectivity index (χ1v) is 7.60. The maximum atomic E-state index is 3.54. The van der Waals surface area contributed by atoms with Crippen LogP contribution in [0.25, 0.3) is 0 Å². The number of thiophene rings is 1. The van der Waals surface area contributed by atoms with Crippen LogP contribution < -0.4 is 5.32 Å². The maximum Gasteiger partial charge on any atom is 0.0413 e. The number of likely N-dealkylation sites (tertiary alicyclic amines) is 1. The Labute approximate surface area is 109 Å². The zero-order chi connectivity index (χ0) is 11.1. The topological polar surface area (TPSA) is 15.3 Å². The van der Waals surface area contributed by atoms with Gasteiger partial charge in [0.15, 0.2) is 0 Å². The van der Waals surface area contributed by atoms with Gasteiger partial charge in [-0.2, -0.15) is 0 Å². The minimum Gasteiger partial charge on any atom is -0.316 e. The number of rotatable bonds is 2. The molecule has 0 spiro atoms. The molecule has 88 valence electrons. The third-order valence-corrected chi connectivity index (χ3v) is 5.83. The lowest BCUT2D eigenvalue weighted by Crippen LogP contribution is -2.28. The van der Waals surface area contributed by atoms with Gasteiger partial charge >= 0.3 is 0 Å². The van der Waals surface area contributed by atoms with Crippen molar-refractivity contribution in [3.63, 3.8) is 0 Å². The van der Waals surface area contributed by atoms with E-state index in [1.165, 1.54) is 35.5 Å². The molecule has 3 rings (SSSR count). The lowest BCUT2D eigenvalue weighted by Gasteiger charge is -2.24. The van der Waals surface area contributed by atoms with Crippen LogP contribution in [-0.2, 0) is 0 Å². The van der Waals surface area contributed by atoms with Crippen LogP contribution in [0.4, 0.5) is 0 Å². The Hall–Kier alpha value is 0.1000. The molecule has 2 saturated heterocycles. The van der Waals surface area contributed by atoms with E-state index in [2.05, 4.69) is 44.5 Å². The fourth-order valence-corrected chi connectivity index (χ4v) is 4.47. The lowest BCUT2D eigenvalue weighted by molar-refractivity contribution is 0.247. The third-order valence-electron chi connectivity index (χ3n) is 3.96. The molecule has 3 unspecified atom stereocenters. The van der Waals surface area contributed by atoms with Crippen molar-refractivity contribution in [2.45, 2.75) is 13.0 Å². The molecule has 0 aliphatic carbocycles. The van der Waals surface area contributed by atoms with E-state index in [1.54, 1.807) is 0 Å². The largest absolute Gasteiger partial charge is 0.316 e. The number of nitrogens with one attached hydrogen (secondary N) is 1. The minimum atomic E-state index is 0.585. The highest BCUT2D eigenvalue weighted by Crippen LogP contribution is 2.35. The molecule has 3 heterocycles. The number of halogens is 1. The van der Waals surface area contributed by atoms with Gasteiger partial charge in [-0.15, -0.1) is 11.3 Å². The summed E-state index contributed by atoms with van der Waals surface area (Å²) in [6, 6.07) is 2.85. The highest BCUT2D eigenvalue weighted by molar-refractivity contribution is 9.10. The van der Waals surface area contributed by atoms with Crippen LogP contribution in [0.1, 0.15) is 17.8 Å². The second-order valence-electron chi connectivity index (χ2n) is 4.98. The van der Waals surface area contributed by atoms with Crippen LogP contribution in [-0.4, -0.2) is 31.1 Å². The Morgan fingerprint density at radius 3 is 2.69 bits per heavy atom. The summed E-state index contributed by atoms with van der Waals surface area (Å²) >= 11 is 5.41. The summed E-state index contributed by atoms with van der Waals surface area (Å²) in [5, 5.41) is 5.68. The standard InChI is InChI=1S/C12H17BrN2S/c1-8(12-2-11(13)7-16-12)15-5-9-3-14-4-10(9)6-15/h2,7-10,14H,3-6H2,1H3. The maximum absolute atomic E-state index is 3.54. The first kappa shape index (κ1) is 11.2. The summed E-state index contributed by atoms with van der Waals surface area (Å²) in [5.74, 6) is 1.79. The molecule has 2 nitrogen and oxygen atoms in total. The van der Waals surface area contributed by atoms with Crippen molar-refractivity contribution < 1.29 is 0 Å². The Bertz CT molecular complexity index is 367. The molecule has 0 bridgehead atoms. The molecule has 16 heavy (non-hydrogen) atoms. The van der Waals surface area contributed by atoms with Crippen molar-refractivity contribution in [2.24, 2.45) is 11.8 Å². The van der Waals surface area contributed by atoms with Gasteiger partial charge in [-0.1, -0.05) is 0 Å². The molecule has 3 atom stereocenters. The lowest BCUT2D eigenvalue weighted by atomic mass is 10.0. The van der Waals surface area contributed by atoms with Crippen LogP contribution >= 0.6 is 27.3 Å². The van der Waals surface area contributed by atoms with Gasteiger partial charge in [-0.25, -0.2) is 0 Å². The van der Waals surface area contributed by atoms with Crippen molar-refractivity contribution in [2.75, 3.05) is 26.2 Å². The Morgan fingerprint density at radius 2 is 2.12 bits per heavy atom. The summed E-state index contributed by atoms with van der Waals surface area (Å²) in [6.07, 6.45) is 0. The molecule has 2 aliphatic rings. The van der Waals surface area contributed by atoms with Gasteiger partial charge in [-0.05, 0) is 53.8 Å². The van der Waals surface area contributed by atoms with Crippen molar-refractivity contribution in [3.05, 3.63) is 20.8 Å². The van der Waals surface area contributed by atoms with Gasteiger partial charge in [0.1, 0.15) is 0 Å². The molecule has 0 amide bonds. The van der Waals surface area contributed by atoms with Gasteiger partial charge in [-0.3, -0.25) is 4.90 Å². The predicted molar refractivity (Wildman–Crippen MR) is 71.9 cm³/mol. The molecular weight excluding hydrogens is 284 g/mol. The van der Waals surface area contributed by atoms with Crippen LogP contribution in [0.3, 0.4) is 0 Å². The monoisotopic (exact) mass is 300 g/mol. The third kappa shape index (κ3) is 1.96. The van der Waals surface area contributed by atoms with Crippen LogP contribution in [0.2, 0.25) is 0 Å². The second-order valence-corrected chi connectivity index (χ2v) is 6.83. The predicted octanol–water partition coefficient (Wildman–Crippen LogP) is 2.72. The zero-order valence-corrected chi connectivity index (χ0v) is 11.9. The van der Waals surface area contributed by atoms with E-state index in [1.807, 2.05) is 11.3 Å². The minimum absolute atomic E-state index is 0.585. The molecule has 0 radical (unpaired) electrons. The summed E-state index contributed by atoms with van der Waals surface area (Å²) in [6.45, 7) is 7.33. The van der Waals surface area contributed by atoms with E-state index in [9.17, 15) is 0 Å². The van der Waals surface area contributed by atoms with E-state index in [-0.39, 0.29) is 0 Å². The van der Waals surface area contributed by atoms with E-state index >= 15 is 0 Å². The molecular formula is C12H17BrN2S. The molecule has 2 aliphatic heterocycles. The number of hydrogen-bond donors (Lipinski definition) is 1. The van der Waals surface area contributed by atoms with E-state index in [0.29, 0.717) is 6.04 Å². The first-order chi connectivity index (χ1) is 7.74. The highest BCUT2D eigenvalue weighted by Gasteiger charge is 2.38. The van der Waals surface area contributed by atoms with Crippen molar-refractivity contribution in [1.29, 1.82) is 0 Å². The molecule has 1 N–H and O–H groups in total. The highest BCUT2D eigenvalue weighted by atomic mass is 79.9. The van der Waals surface area contributed by atoms with Crippen LogP contribution in [0.5, 0.6) is 0 Å². The van der Waals surface area contributed by atoms with Gasteiger partial charge < -0.3 is 5.32 Å². The second kappa shape index (κ2) is 4.41. The van der Waals surface area contributed by atoms with E-state index < -0.39 is 0 Å². The average molecular weight is 301 g/mol. The summed E-state index contributed by atoms with van der Waals surface area (Å²) < 4.78 is 1.22. The van der Waals surface area contributed by atoms with Crippen molar-refractivity contribution in [3.8, 4) is 0 Å². The molecule has 0 aromatic carbocycles. The smallest absolute Gasteiger partial charge is 0.0413 e. The van der Waals surface area contributed by atoms with Gasteiger partial charge in [0.2, 0.25) is 0 Å². The first-order valence-electron chi connectivity index (χ1n) is 5.92. The van der Waals surface area contributed by atoms with E-state index in [4.69, 9.17) is 0 Å². The number of fused-ring (bicyclic) bond motifs is 1. The van der Waals surface area contributed by atoms with Crippen molar-refractivity contribution >= 4 is 27.3 Å². The quantitative estimate of drug-likeness (QED) is 0.903. The molecule has 1 aromatic heterocycles. The molecule has 4 heteroatoms. The Balaban J connectivity index is 1.70. The summed E-state index contributed by atoms with van der Waals surface area (Å²) in [4.78, 5) is 4.13. The fourth-order valence-electron chi connectivity index (χ4n) is 2.94. The Morgan fingerprint density at radius 1 is 1.44 bits per heavy atom. The van der Waals surface area contributed by atoms with Crippen LogP contribution in [0.15, 0.2) is 15.9 Å². The fraction of sp³-hybridized carbons (Fsp3) is 0.667.